The van der Waals surface area contributed by atoms with Crippen molar-refractivity contribution in [3.8, 4) is 0 Å². The first-order chi connectivity index (χ1) is 15.0. The molecule has 0 spiro atoms. The SMILES string of the molecule is CCNC(=NCc1cccc(CS(=O)(=O)NC)c1)N1CCC(Cc2ccccc2)CC1. The number of nitrogens with zero attached hydrogens (tertiary/aromatic N) is 2. The minimum Gasteiger partial charge on any atom is -0.357 e. The quantitative estimate of drug-likeness (QED) is 0.487. The Morgan fingerprint density at radius 3 is 2.39 bits per heavy atom. The number of piperidine rings is 1. The molecule has 0 aromatic heterocycles. The standard InChI is InChI=1S/C24H34N4O2S/c1-3-26-24(27-18-22-10-7-11-23(17-22)19-31(29,30)25-2)28-14-12-21(13-15-28)16-20-8-5-4-6-9-20/h4-11,17,21,25H,3,12-16,18-19H2,1-2H3,(H,26,27). The molecule has 6 nitrogen and oxygen atoms in total. The summed E-state index contributed by atoms with van der Waals surface area (Å²) in [6.45, 7) is 5.44. The molecule has 0 atom stereocenters. The molecule has 0 amide bonds. The molecule has 2 aromatic rings. The van der Waals surface area contributed by atoms with E-state index in [1.54, 1.807) is 0 Å². The highest BCUT2D eigenvalue weighted by atomic mass is 32.2. The first-order valence-corrected chi connectivity index (χ1v) is 12.7. The minimum absolute atomic E-state index is 0.0178. The van der Waals surface area contributed by atoms with E-state index in [0.717, 1.165) is 56.0 Å². The highest BCUT2D eigenvalue weighted by molar-refractivity contribution is 7.88. The molecule has 0 saturated carbocycles. The van der Waals surface area contributed by atoms with Gasteiger partial charge >= 0.3 is 0 Å². The monoisotopic (exact) mass is 442 g/mol. The first kappa shape index (κ1) is 23.3. The molecular weight excluding hydrogens is 408 g/mol. The fourth-order valence-electron chi connectivity index (χ4n) is 4.00. The molecule has 0 unspecified atom stereocenters. The van der Waals surface area contributed by atoms with E-state index in [-0.39, 0.29) is 5.75 Å². The van der Waals surface area contributed by atoms with E-state index in [1.807, 2.05) is 24.3 Å². The van der Waals surface area contributed by atoms with E-state index in [2.05, 4.69) is 52.2 Å². The van der Waals surface area contributed by atoms with E-state index in [9.17, 15) is 8.42 Å². The van der Waals surface area contributed by atoms with Gasteiger partial charge < -0.3 is 10.2 Å². The van der Waals surface area contributed by atoms with Crippen LogP contribution in [-0.2, 0) is 28.7 Å². The van der Waals surface area contributed by atoms with Crippen LogP contribution >= 0.6 is 0 Å². The van der Waals surface area contributed by atoms with Gasteiger partial charge in [-0.2, -0.15) is 0 Å². The lowest BCUT2D eigenvalue weighted by Crippen LogP contribution is -2.45. The lowest BCUT2D eigenvalue weighted by Gasteiger charge is -2.34. The van der Waals surface area contributed by atoms with E-state index >= 15 is 0 Å². The van der Waals surface area contributed by atoms with Crippen molar-refractivity contribution in [2.24, 2.45) is 10.9 Å². The second-order valence-corrected chi connectivity index (χ2v) is 10.00. The summed E-state index contributed by atoms with van der Waals surface area (Å²) >= 11 is 0. The zero-order valence-corrected chi connectivity index (χ0v) is 19.4. The van der Waals surface area contributed by atoms with Crippen LogP contribution in [0.5, 0.6) is 0 Å². The van der Waals surface area contributed by atoms with E-state index < -0.39 is 10.0 Å². The molecule has 2 N–H and O–H groups in total. The van der Waals surface area contributed by atoms with Crippen LogP contribution in [-0.4, -0.2) is 46.0 Å². The fraction of sp³-hybridized carbons (Fsp3) is 0.458. The smallest absolute Gasteiger partial charge is 0.215 e. The molecule has 2 aromatic carbocycles. The van der Waals surface area contributed by atoms with Crippen LogP contribution in [0.15, 0.2) is 59.6 Å². The summed E-state index contributed by atoms with van der Waals surface area (Å²) in [6, 6.07) is 18.4. The molecule has 1 saturated heterocycles. The maximum Gasteiger partial charge on any atom is 0.215 e. The Balaban J connectivity index is 1.59. The Kier molecular flexibility index (Phi) is 8.49. The second-order valence-electron chi connectivity index (χ2n) is 8.07. The van der Waals surface area contributed by atoms with Crippen molar-refractivity contribution in [2.75, 3.05) is 26.7 Å². The summed E-state index contributed by atoms with van der Waals surface area (Å²) < 4.78 is 26.0. The second kappa shape index (κ2) is 11.3. The van der Waals surface area contributed by atoms with Gasteiger partial charge in [-0.15, -0.1) is 0 Å². The molecule has 31 heavy (non-hydrogen) atoms. The molecule has 1 fully saturated rings. The lowest BCUT2D eigenvalue weighted by atomic mass is 9.90. The summed E-state index contributed by atoms with van der Waals surface area (Å²) in [5.74, 6) is 1.64. The highest BCUT2D eigenvalue weighted by Gasteiger charge is 2.21. The molecule has 1 aliphatic rings. The molecule has 0 aliphatic carbocycles. The average Bonchev–Trinajstić information content (AvgIpc) is 2.78. The number of likely N-dealkylation sites (tertiary alicyclic amines) is 1. The predicted molar refractivity (Wildman–Crippen MR) is 127 cm³/mol. The van der Waals surface area contributed by atoms with Gasteiger partial charge in [0.05, 0.1) is 12.3 Å². The largest absolute Gasteiger partial charge is 0.357 e. The number of hydrogen-bond acceptors (Lipinski definition) is 3. The number of rotatable bonds is 8. The lowest BCUT2D eigenvalue weighted by molar-refractivity contribution is 0.259. The van der Waals surface area contributed by atoms with Gasteiger partial charge in [0, 0.05) is 19.6 Å². The Bertz CT molecular complexity index is 953. The van der Waals surface area contributed by atoms with E-state index in [1.165, 1.54) is 12.6 Å². The molecule has 0 radical (unpaired) electrons. The summed E-state index contributed by atoms with van der Waals surface area (Å²) in [7, 11) is -1.84. The van der Waals surface area contributed by atoms with Crippen molar-refractivity contribution in [1.29, 1.82) is 0 Å². The summed E-state index contributed by atoms with van der Waals surface area (Å²) in [5.41, 5.74) is 3.20. The van der Waals surface area contributed by atoms with Gasteiger partial charge in [-0.1, -0.05) is 54.6 Å². The van der Waals surface area contributed by atoms with Crippen molar-refractivity contribution < 1.29 is 8.42 Å². The Morgan fingerprint density at radius 1 is 1.03 bits per heavy atom. The summed E-state index contributed by atoms with van der Waals surface area (Å²) in [6.07, 6.45) is 3.47. The van der Waals surface area contributed by atoms with Crippen molar-refractivity contribution in [2.45, 2.75) is 38.5 Å². The van der Waals surface area contributed by atoms with Gasteiger partial charge in [0.2, 0.25) is 10.0 Å². The van der Waals surface area contributed by atoms with Crippen LogP contribution in [0.1, 0.15) is 36.5 Å². The van der Waals surface area contributed by atoms with Crippen LogP contribution in [0, 0.1) is 5.92 Å². The highest BCUT2D eigenvalue weighted by Crippen LogP contribution is 2.22. The van der Waals surface area contributed by atoms with Crippen LogP contribution in [0.4, 0.5) is 0 Å². The number of nitrogens with one attached hydrogen (secondary N) is 2. The van der Waals surface area contributed by atoms with Crippen molar-refractivity contribution in [3.63, 3.8) is 0 Å². The van der Waals surface area contributed by atoms with Crippen molar-refractivity contribution in [3.05, 3.63) is 71.3 Å². The van der Waals surface area contributed by atoms with E-state index in [0.29, 0.717) is 12.5 Å². The Hall–Kier alpha value is -2.38. The van der Waals surface area contributed by atoms with Gasteiger partial charge in [0.25, 0.3) is 0 Å². The van der Waals surface area contributed by atoms with Gasteiger partial charge in [-0.25, -0.2) is 18.1 Å². The third kappa shape index (κ3) is 7.36. The van der Waals surface area contributed by atoms with Gasteiger partial charge in [0.15, 0.2) is 5.96 Å². The van der Waals surface area contributed by atoms with Gasteiger partial charge in [-0.05, 0) is 55.8 Å². The first-order valence-electron chi connectivity index (χ1n) is 11.1. The number of hydrogen-bond donors (Lipinski definition) is 2. The number of sulfonamides is 1. The third-order valence-electron chi connectivity index (χ3n) is 5.69. The van der Waals surface area contributed by atoms with Gasteiger partial charge in [0.1, 0.15) is 0 Å². The molecular formula is C24H34N4O2S. The molecule has 1 heterocycles. The predicted octanol–water partition coefficient (Wildman–Crippen LogP) is 3.16. The fourth-order valence-corrected chi connectivity index (χ4v) is 4.76. The topological polar surface area (TPSA) is 73.8 Å². The number of guanidine groups is 1. The zero-order chi connectivity index (χ0) is 22.1. The van der Waals surface area contributed by atoms with Crippen molar-refractivity contribution in [1.82, 2.24) is 14.9 Å². The Morgan fingerprint density at radius 2 is 1.71 bits per heavy atom. The molecule has 1 aliphatic heterocycles. The van der Waals surface area contributed by atoms with Crippen LogP contribution < -0.4 is 10.0 Å². The maximum atomic E-state index is 11.8. The van der Waals surface area contributed by atoms with Crippen molar-refractivity contribution >= 4 is 16.0 Å². The molecule has 3 rings (SSSR count). The normalized spacial score (nSPS) is 15.8. The number of aliphatic imine (C=N–C) groups is 1. The van der Waals surface area contributed by atoms with Crippen LogP contribution in [0.2, 0.25) is 0 Å². The molecule has 7 heteroatoms. The minimum atomic E-state index is -3.28. The maximum absolute atomic E-state index is 11.8. The molecule has 168 valence electrons. The van der Waals surface area contributed by atoms with E-state index in [4.69, 9.17) is 4.99 Å². The molecule has 0 bridgehead atoms. The summed E-state index contributed by atoms with van der Waals surface area (Å²) in [4.78, 5) is 7.19. The average molecular weight is 443 g/mol. The Labute approximate surface area is 186 Å². The number of benzene rings is 2. The van der Waals surface area contributed by atoms with Crippen LogP contribution in [0.25, 0.3) is 0 Å². The zero-order valence-electron chi connectivity index (χ0n) is 18.5. The summed E-state index contributed by atoms with van der Waals surface area (Å²) in [5, 5.41) is 3.42. The van der Waals surface area contributed by atoms with Crippen LogP contribution in [0.3, 0.4) is 0 Å². The third-order valence-corrected chi connectivity index (χ3v) is 7.02. The van der Waals surface area contributed by atoms with Gasteiger partial charge in [-0.3, -0.25) is 0 Å².